The quantitative estimate of drug-likeness (QED) is 0.763. The van der Waals surface area contributed by atoms with Gasteiger partial charge in [-0.3, -0.25) is 0 Å². The van der Waals surface area contributed by atoms with Crippen molar-refractivity contribution in [2.24, 2.45) is 0 Å². The van der Waals surface area contributed by atoms with Crippen LogP contribution in [-0.4, -0.2) is 0 Å². The normalized spacial score (nSPS) is 11.3. The largest absolute Gasteiger partial charge is 0.217 e. The molecule has 0 saturated heterocycles. The second-order valence-electron chi connectivity index (χ2n) is 3.60. The number of benzene rings is 2. The molecule has 1 unspecified atom stereocenters. The van der Waals surface area contributed by atoms with Gasteiger partial charge in [-0.15, -0.1) is 0 Å². The first-order valence-electron chi connectivity index (χ1n) is 5.10. The van der Waals surface area contributed by atoms with Crippen LogP contribution >= 0.6 is 6.70 Å². The molecular weight excluding hydrogens is 257 g/mol. The van der Waals surface area contributed by atoms with Gasteiger partial charge in [0.1, 0.15) is 11.6 Å². The van der Waals surface area contributed by atoms with Gasteiger partial charge in [0.2, 0.25) is 6.70 Å². The van der Waals surface area contributed by atoms with Gasteiger partial charge >= 0.3 is 0 Å². The van der Waals surface area contributed by atoms with Crippen LogP contribution in [0.4, 0.5) is 8.78 Å². The smallest absolute Gasteiger partial charge is 0.207 e. The summed E-state index contributed by atoms with van der Waals surface area (Å²) >= 11 is 5.36. The lowest BCUT2D eigenvalue weighted by Gasteiger charge is -1.97. The van der Waals surface area contributed by atoms with E-state index in [-0.39, 0.29) is 11.6 Å². The van der Waals surface area contributed by atoms with Crippen LogP contribution in [0.1, 0.15) is 5.56 Å². The van der Waals surface area contributed by atoms with E-state index in [4.69, 9.17) is 11.8 Å². The third kappa shape index (κ3) is 3.15. The molecule has 0 aliphatic rings. The molecule has 1 atom stereocenters. The van der Waals surface area contributed by atoms with Crippen LogP contribution in [0.15, 0.2) is 48.5 Å². The Balaban J connectivity index is 2.17. The highest BCUT2D eigenvalue weighted by Crippen LogP contribution is 2.27. The summed E-state index contributed by atoms with van der Waals surface area (Å²) in [7, 11) is 0. The highest BCUT2D eigenvalue weighted by Gasteiger charge is 2.17. The molecule has 2 aromatic carbocycles. The molecule has 0 aromatic heterocycles. The Hall–Kier alpha value is -1.18. The molecule has 0 aliphatic heterocycles. The third-order valence-electron chi connectivity index (χ3n) is 2.39. The maximum Gasteiger partial charge on any atom is 0.217 e. The van der Waals surface area contributed by atoms with Crippen molar-refractivity contribution in [3.8, 4) is 0 Å². The second kappa shape index (κ2) is 5.44. The molecule has 0 bridgehead atoms. The van der Waals surface area contributed by atoms with Gasteiger partial charge in [-0.2, -0.15) is 0 Å². The Bertz CT molecular complexity index is 537. The van der Waals surface area contributed by atoms with Gasteiger partial charge in [-0.05, 0) is 30.3 Å². The van der Waals surface area contributed by atoms with E-state index in [1.165, 1.54) is 18.2 Å². The fourth-order valence-corrected chi connectivity index (χ4v) is 3.49. The molecule has 2 rings (SSSR count). The van der Waals surface area contributed by atoms with Gasteiger partial charge in [0.15, 0.2) is 23.3 Å². The first-order chi connectivity index (χ1) is 8.16. The van der Waals surface area contributed by atoms with Crippen molar-refractivity contribution < 1.29 is 8.78 Å². The van der Waals surface area contributed by atoms with E-state index < -0.39 is 6.70 Å². The van der Waals surface area contributed by atoms with Crippen molar-refractivity contribution >= 4 is 23.8 Å². The van der Waals surface area contributed by atoms with Crippen molar-refractivity contribution in [1.82, 2.24) is 0 Å². The average molecular weight is 267 g/mol. The predicted octanol–water partition coefficient (Wildman–Crippen LogP) is 3.73. The van der Waals surface area contributed by atoms with Gasteiger partial charge < -0.3 is 0 Å². The van der Waals surface area contributed by atoms with Gasteiger partial charge in [0, 0.05) is 5.56 Å². The number of halogens is 2. The SMILES string of the molecule is Fc1ccc([P+](=S)Cc2ccccc2F)cc1. The Morgan fingerprint density at radius 1 is 0.941 bits per heavy atom. The highest BCUT2D eigenvalue weighted by atomic mass is 32.4. The molecule has 0 heterocycles. The van der Waals surface area contributed by atoms with Crippen molar-refractivity contribution in [2.45, 2.75) is 6.16 Å². The first-order valence-corrected chi connectivity index (χ1v) is 7.64. The number of rotatable bonds is 3. The Labute approximate surface area is 105 Å². The molecule has 0 spiro atoms. The highest BCUT2D eigenvalue weighted by molar-refractivity contribution is 8.08. The minimum atomic E-state index is -0.904. The van der Waals surface area contributed by atoms with Gasteiger partial charge in [-0.1, -0.05) is 18.2 Å². The van der Waals surface area contributed by atoms with Crippen molar-refractivity contribution in [2.75, 3.05) is 0 Å². The number of hydrogen-bond acceptors (Lipinski definition) is 1. The van der Waals surface area contributed by atoms with E-state index in [1.807, 2.05) is 0 Å². The van der Waals surface area contributed by atoms with Crippen LogP contribution in [0.25, 0.3) is 0 Å². The molecule has 0 aliphatic carbocycles. The zero-order chi connectivity index (χ0) is 12.3. The van der Waals surface area contributed by atoms with Crippen LogP contribution in [-0.2, 0) is 18.0 Å². The molecule has 0 nitrogen and oxygen atoms in total. The van der Waals surface area contributed by atoms with Gasteiger partial charge in [0.25, 0.3) is 0 Å². The molecule has 4 heteroatoms. The summed E-state index contributed by atoms with van der Waals surface area (Å²) < 4.78 is 26.2. The molecule has 86 valence electrons. The van der Waals surface area contributed by atoms with Crippen LogP contribution < -0.4 is 5.30 Å². The van der Waals surface area contributed by atoms with Gasteiger partial charge in [-0.25, -0.2) is 8.78 Å². The van der Waals surface area contributed by atoms with Crippen LogP contribution in [0.5, 0.6) is 0 Å². The lowest BCUT2D eigenvalue weighted by atomic mass is 10.2. The maximum atomic E-state index is 13.4. The molecule has 0 saturated carbocycles. The first kappa shape index (κ1) is 12.3. The van der Waals surface area contributed by atoms with E-state index >= 15 is 0 Å². The monoisotopic (exact) mass is 267 g/mol. The summed E-state index contributed by atoms with van der Waals surface area (Å²) in [6.45, 7) is -0.904. The zero-order valence-corrected chi connectivity index (χ0v) is 10.6. The molecule has 0 amide bonds. The van der Waals surface area contributed by atoms with E-state index in [2.05, 4.69) is 0 Å². The molecular formula is C13H10F2PS+. The van der Waals surface area contributed by atoms with Crippen LogP contribution in [0.3, 0.4) is 0 Å². The van der Waals surface area contributed by atoms with Crippen LogP contribution in [0, 0.1) is 11.6 Å². The van der Waals surface area contributed by atoms with Crippen molar-refractivity contribution in [3.05, 3.63) is 65.7 Å². The maximum absolute atomic E-state index is 13.4. The minimum Gasteiger partial charge on any atom is -0.207 e. The van der Waals surface area contributed by atoms with Gasteiger partial charge in [0.05, 0.1) is 0 Å². The Morgan fingerprint density at radius 2 is 1.59 bits per heavy atom. The lowest BCUT2D eigenvalue weighted by molar-refractivity contribution is 0.617. The second-order valence-corrected chi connectivity index (χ2v) is 6.52. The third-order valence-corrected chi connectivity index (χ3v) is 4.91. The standard InChI is InChI=1S/C13H10F2PS/c14-11-5-7-12(8-6-11)16(17)9-10-3-1-2-4-13(10)15/h1-8H,9H2/q+1. The van der Waals surface area contributed by atoms with Crippen molar-refractivity contribution in [3.63, 3.8) is 0 Å². The summed E-state index contributed by atoms with van der Waals surface area (Å²) in [5.74, 6) is -0.509. The summed E-state index contributed by atoms with van der Waals surface area (Å²) in [6.07, 6.45) is 0.503. The summed E-state index contributed by atoms with van der Waals surface area (Å²) in [5, 5.41) is 0.902. The number of hydrogen-bond donors (Lipinski definition) is 0. The van der Waals surface area contributed by atoms with E-state index in [1.54, 1.807) is 30.3 Å². The van der Waals surface area contributed by atoms with Crippen molar-refractivity contribution in [1.29, 1.82) is 0 Å². The summed E-state index contributed by atoms with van der Waals surface area (Å²) in [4.78, 5) is 0. The molecule has 17 heavy (non-hydrogen) atoms. The fraction of sp³-hybridized carbons (Fsp3) is 0.0769. The Morgan fingerprint density at radius 3 is 2.24 bits per heavy atom. The molecule has 0 N–H and O–H groups in total. The molecule has 0 radical (unpaired) electrons. The predicted molar refractivity (Wildman–Crippen MR) is 70.4 cm³/mol. The molecule has 2 aromatic rings. The molecule has 0 fully saturated rings. The summed E-state index contributed by atoms with van der Waals surface area (Å²) in [5.41, 5.74) is 0.623. The fourth-order valence-electron chi connectivity index (χ4n) is 1.48. The van der Waals surface area contributed by atoms with E-state index in [0.717, 1.165) is 5.30 Å². The van der Waals surface area contributed by atoms with E-state index in [9.17, 15) is 8.78 Å². The minimum absolute atomic E-state index is 0.230. The van der Waals surface area contributed by atoms with E-state index in [0.29, 0.717) is 11.7 Å². The average Bonchev–Trinajstić information content (AvgIpc) is 2.33. The van der Waals surface area contributed by atoms with Crippen LogP contribution in [0.2, 0.25) is 0 Å². The topological polar surface area (TPSA) is 0 Å². The zero-order valence-electron chi connectivity index (χ0n) is 8.94. The lowest BCUT2D eigenvalue weighted by Crippen LogP contribution is -1.98. The Kier molecular flexibility index (Phi) is 3.93. The summed E-state index contributed by atoms with van der Waals surface area (Å²) in [6, 6.07) is 12.7.